The molecule has 0 spiro atoms. The van der Waals surface area contributed by atoms with Gasteiger partial charge in [-0.15, -0.1) is 0 Å². The topological polar surface area (TPSA) is 66.8 Å². The quantitative estimate of drug-likeness (QED) is 0.838. The predicted octanol–water partition coefficient (Wildman–Crippen LogP) is 2.47. The Morgan fingerprint density at radius 2 is 2.00 bits per heavy atom. The molecule has 1 aromatic carbocycles. The van der Waals surface area contributed by atoms with Crippen molar-refractivity contribution >= 4 is 11.9 Å². The van der Waals surface area contributed by atoms with E-state index in [1.165, 1.54) is 4.90 Å². The molecule has 0 radical (unpaired) electrons. The third-order valence-electron chi connectivity index (χ3n) is 3.36. The van der Waals surface area contributed by atoms with Gasteiger partial charge in [0.2, 0.25) is 0 Å². The number of ether oxygens (including phenoxy) is 1. The van der Waals surface area contributed by atoms with Crippen molar-refractivity contribution in [2.24, 2.45) is 0 Å². The molecular weight excluding hydrogens is 270 g/mol. The number of nitrogens with zero attached hydrogens (tertiary/aromatic N) is 1. The smallest absolute Gasteiger partial charge is 0.323 e. The van der Waals surface area contributed by atoms with Crippen LogP contribution in [0.5, 0.6) is 5.75 Å². The third kappa shape index (κ3) is 5.10. The summed E-state index contributed by atoms with van der Waals surface area (Å²) in [6, 6.07) is 7.27. The van der Waals surface area contributed by atoms with E-state index in [9.17, 15) is 9.59 Å². The molecule has 2 atom stereocenters. The first-order chi connectivity index (χ1) is 9.85. The number of aliphatic carboxylic acids is 1. The number of aryl methyl sites for hydroxylation is 1. The second kappa shape index (κ2) is 7.67. The molecule has 2 unspecified atom stereocenters. The summed E-state index contributed by atoms with van der Waals surface area (Å²) in [5.74, 6) is -0.727. The number of benzene rings is 1. The summed E-state index contributed by atoms with van der Waals surface area (Å²) in [5, 5.41) is 8.95. The van der Waals surface area contributed by atoms with E-state index in [1.54, 1.807) is 13.0 Å². The minimum atomic E-state index is -1.02. The molecule has 5 heteroatoms. The lowest BCUT2D eigenvalue weighted by Crippen LogP contribution is -2.47. The fourth-order valence-corrected chi connectivity index (χ4v) is 1.99. The fourth-order valence-electron chi connectivity index (χ4n) is 1.99. The summed E-state index contributed by atoms with van der Waals surface area (Å²) in [7, 11) is 0. The molecule has 0 aliphatic carbocycles. The van der Waals surface area contributed by atoms with E-state index >= 15 is 0 Å². The van der Waals surface area contributed by atoms with Gasteiger partial charge in [-0.05, 0) is 44.9 Å². The Morgan fingerprint density at radius 1 is 1.33 bits per heavy atom. The number of amides is 1. The third-order valence-corrected chi connectivity index (χ3v) is 3.36. The minimum Gasteiger partial charge on any atom is -0.481 e. The van der Waals surface area contributed by atoms with Gasteiger partial charge in [-0.3, -0.25) is 9.59 Å². The van der Waals surface area contributed by atoms with Crippen molar-refractivity contribution in [3.63, 3.8) is 0 Å². The summed E-state index contributed by atoms with van der Waals surface area (Å²) in [5.41, 5.74) is 1.04. The largest absolute Gasteiger partial charge is 0.481 e. The minimum absolute atomic E-state index is 0.142. The van der Waals surface area contributed by atoms with Crippen molar-refractivity contribution in [2.75, 3.05) is 6.54 Å². The number of hydrogen-bond donors (Lipinski definition) is 1. The summed E-state index contributed by atoms with van der Waals surface area (Å²) in [6.07, 6.45) is -0.0314. The van der Waals surface area contributed by atoms with Crippen molar-refractivity contribution in [1.29, 1.82) is 0 Å². The SMILES string of the molecule is CCC(C)N(CC(=O)O)C(=O)C(C)Oc1cccc(C)c1. The number of carbonyl (C=O) groups is 2. The standard InChI is InChI=1S/C16H23NO4/c1-5-12(3)17(10-15(18)19)16(20)13(4)21-14-8-6-7-11(2)9-14/h6-9,12-13H,5,10H2,1-4H3,(H,18,19). The molecule has 0 heterocycles. The summed E-state index contributed by atoms with van der Waals surface area (Å²) in [6.45, 7) is 7.02. The zero-order valence-electron chi connectivity index (χ0n) is 13.0. The molecule has 0 saturated carbocycles. The maximum Gasteiger partial charge on any atom is 0.323 e. The van der Waals surface area contributed by atoms with E-state index < -0.39 is 12.1 Å². The van der Waals surface area contributed by atoms with E-state index in [2.05, 4.69) is 0 Å². The second-order valence-electron chi connectivity index (χ2n) is 5.19. The van der Waals surface area contributed by atoms with E-state index in [-0.39, 0.29) is 18.5 Å². The van der Waals surface area contributed by atoms with Crippen molar-refractivity contribution in [1.82, 2.24) is 4.90 Å². The molecule has 21 heavy (non-hydrogen) atoms. The van der Waals surface area contributed by atoms with Gasteiger partial charge < -0.3 is 14.7 Å². The molecule has 0 saturated heterocycles. The van der Waals surface area contributed by atoms with Crippen LogP contribution in [0.15, 0.2) is 24.3 Å². The van der Waals surface area contributed by atoms with Crippen LogP contribution in [0.1, 0.15) is 32.8 Å². The molecule has 0 bridgehead atoms. The predicted molar refractivity (Wildman–Crippen MR) is 80.4 cm³/mol. The van der Waals surface area contributed by atoms with Crippen LogP contribution in [0.3, 0.4) is 0 Å². The lowest BCUT2D eigenvalue weighted by atomic mass is 10.2. The number of carboxylic acid groups (broad SMARTS) is 1. The summed E-state index contributed by atoms with van der Waals surface area (Å²) >= 11 is 0. The van der Waals surface area contributed by atoms with Crippen LogP contribution in [0.4, 0.5) is 0 Å². The first-order valence-corrected chi connectivity index (χ1v) is 7.10. The van der Waals surface area contributed by atoms with E-state index in [0.717, 1.165) is 5.56 Å². The highest BCUT2D eigenvalue weighted by Gasteiger charge is 2.27. The van der Waals surface area contributed by atoms with Gasteiger partial charge in [0.25, 0.3) is 5.91 Å². The summed E-state index contributed by atoms with van der Waals surface area (Å²) < 4.78 is 5.63. The maximum atomic E-state index is 12.4. The Kier molecular flexibility index (Phi) is 6.21. The zero-order valence-corrected chi connectivity index (χ0v) is 13.0. The molecule has 1 aromatic rings. The van der Waals surface area contributed by atoms with E-state index in [4.69, 9.17) is 9.84 Å². The van der Waals surface area contributed by atoms with Crippen molar-refractivity contribution in [3.8, 4) is 5.75 Å². The van der Waals surface area contributed by atoms with Crippen LogP contribution in [0.25, 0.3) is 0 Å². The van der Waals surface area contributed by atoms with Crippen LogP contribution in [-0.2, 0) is 9.59 Å². The fraction of sp³-hybridized carbons (Fsp3) is 0.500. The zero-order chi connectivity index (χ0) is 16.0. The van der Waals surface area contributed by atoms with E-state index in [1.807, 2.05) is 39.0 Å². The molecule has 5 nitrogen and oxygen atoms in total. The van der Waals surface area contributed by atoms with E-state index in [0.29, 0.717) is 12.2 Å². The molecular formula is C16H23NO4. The molecule has 1 N–H and O–H groups in total. The van der Waals surface area contributed by atoms with Gasteiger partial charge in [0.05, 0.1) is 0 Å². The van der Waals surface area contributed by atoms with Gasteiger partial charge in [-0.25, -0.2) is 0 Å². The molecule has 1 amide bonds. The van der Waals surface area contributed by atoms with Crippen molar-refractivity contribution < 1.29 is 19.4 Å². The van der Waals surface area contributed by atoms with Gasteiger partial charge in [-0.1, -0.05) is 19.1 Å². The first-order valence-electron chi connectivity index (χ1n) is 7.10. The normalized spacial score (nSPS) is 13.3. The molecule has 0 fully saturated rings. The van der Waals surface area contributed by atoms with Crippen LogP contribution in [0, 0.1) is 6.92 Å². The number of hydrogen-bond acceptors (Lipinski definition) is 3. The van der Waals surface area contributed by atoms with Crippen molar-refractivity contribution in [2.45, 2.75) is 46.3 Å². The Hall–Kier alpha value is -2.04. The maximum absolute atomic E-state index is 12.4. The first kappa shape index (κ1) is 17.0. The molecule has 0 aliphatic heterocycles. The average molecular weight is 293 g/mol. The van der Waals surface area contributed by atoms with Crippen LogP contribution in [0.2, 0.25) is 0 Å². The lowest BCUT2D eigenvalue weighted by Gasteiger charge is -2.29. The van der Waals surface area contributed by atoms with Crippen molar-refractivity contribution in [3.05, 3.63) is 29.8 Å². The Bertz CT molecular complexity index is 501. The highest BCUT2D eigenvalue weighted by molar-refractivity contribution is 5.84. The summed E-state index contributed by atoms with van der Waals surface area (Å²) in [4.78, 5) is 24.7. The molecule has 0 aliphatic rings. The van der Waals surface area contributed by atoms with Gasteiger partial charge in [0, 0.05) is 6.04 Å². The van der Waals surface area contributed by atoms with Gasteiger partial charge in [0.15, 0.2) is 6.10 Å². The monoisotopic (exact) mass is 293 g/mol. The van der Waals surface area contributed by atoms with Crippen LogP contribution < -0.4 is 4.74 Å². The number of carboxylic acids is 1. The second-order valence-corrected chi connectivity index (χ2v) is 5.19. The lowest BCUT2D eigenvalue weighted by molar-refractivity contribution is -0.149. The molecule has 0 aromatic heterocycles. The highest BCUT2D eigenvalue weighted by atomic mass is 16.5. The Labute approximate surface area is 125 Å². The molecule has 1 rings (SSSR count). The Balaban J connectivity index is 2.80. The average Bonchev–Trinajstić information content (AvgIpc) is 2.43. The van der Waals surface area contributed by atoms with Crippen LogP contribution in [-0.4, -0.2) is 40.6 Å². The molecule has 116 valence electrons. The van der Waals surface area contributed by atoms with Crippen LogP contribution >= 0.6 is 0 Å². The van der Waals surface area contributed by atoms with Gasteiger partial charge in [-0.2, -0.15) is 0 Å². The Morgan fingerprint density at radius 3 is 2.52 bits per heavy atom. The van der Waals surface area contributed by atoms with Gasteiger partial charge in [0.1, 0.15) is 12.3 Å². The number of carbonyl (C=O) groups excluding carboxylic acids is 1. The highest BCUT2D eigenvalue weighted by Crippen LogP contribution is 2.16. The van der Waals surface area contributed by atoms with Gasteiger partial charge >= 0.3 is 5.97 Å². The number of rotatable bonds is 7.